The van der Waals surface area contributed by atoms with Gasteiger partial charge in [-0.15, -0.1) is 0 Å². The molecule has 6 nitrogen and oxygen atoms in total. The van der Waals surface area contributed by atoms with Gasteiger partial charge in [0, 0.05) is 38.9 Å². The first-order valence-corrected chi connectivity index (χ1v) is 10.9. The zero-order chi connectivity index (χ0) is 19.2. The van der Waals surface area contributed by atoms with Crippen LogP contribution in [0.15, 0.2) is 35.2 Å². The van der Waals surface area contributed by atoms with Crippen molar-refractivity contribution in [3.05, 3.63) is 52.8 Å². The van der Waals surface area contributed by atoms with E-state index in [1.807, 2.05) is 23.1 Å². The highest BCUT2D eigenvalue weighted by Crippen LogP contribution is 2.28. The Morgan fingerprint density at radius 1 is 1.04 bits per heavy atom. The normalized spacial score (nSPS) is 17.9. The zero-order valence-corrected chi connectivity index (χ0v) is 16.6. The van der Waals surface area contributed by atoms with Crippen molar-refractivity contribution in [2.75, 3.05) is 19.6 Å². The van der Waals surface area contributed by atoms with E-state index in [0.717, 1.165) is 24.8 Å². The van der Waals surface area contributed by atoms with E-state index in [1.54, 1.807) is 24.6 Å². The summed E-state index contributed by atoms with van der Waals surface area (Å²) >= 11 is 0. The van der Waals surface area contributed by atoms with E-state index in [0.29, 0.717) is 37.6 Å². The number of amides is 1. The molecule has 2 aromatic rings. The van der Waals surface area contributed by atoms with Crippen LogP contribution in [-0.4, -0.2) is 47.7 Å². The summed E-state index contributed by atoms with van der Waals surface area (Å²) < 4.78 is 29.2. The second-order valence-electron chi connectivity index (χ2n) is 7.39. The van der Waals surface area contributed by atoms with Gasteiger partial charge in [-0.1, -0.05) is 24.3 Å². The van der Waals surface area contributed by atoms with Crippen molar-refractivity contribution in [3.63, 3.8) is 0 Å². The summed E-state index contributed by atoms with van der Waals surface area (Å²) in [6, 6.07) is 9.72. The maximum atomic E-state index is 13.1. The molecule has 4 rings (SSSR count). The second-order valence-corrected chi connectivity index (χ2v) is 9.30. The molecule has 3 heterocycles. The third-order valence-corrected chi connectivity index (χ3v) is 7.82. The minimum Gasteiger partial charge on any atom is -0.343 e. The molecule has 2 aliphatic heterocycles. The summed E-state index contributed by atoms with van der Waals surface area (Å²) in [4.78, 5) is 15.2. The number of sulfonamides is 1. The number of rotatable bonds is 3. The molecule has 1 aromatic carbocycles. The van der Waals surface area contributed by atoms with Crippen LogP contribution in [0.1, 0.15) is 40.2 Å². The molecular weight excluding hydrogens is 362 g/mol. The number of fused-ring (bicyclic) bond motifs is 1. The molecule has 1 saturated heterocycles. The van der Waals surface area contributed by atoms with Crippen molar-refractivity contribution >= 4 is 15.9 Å². The second kappa shape index (κ2) is 6.80. The van der Waals surface area contributed by atoms with Gasteiger partial charge < -0.3 is 9.47 Å². The largest absolute Gasteiger partial charge is 0.343 e. The minimum absolute atomic E-state index is 0.113. The molecule has 0 aliphatic carbocycles. The highest BCUT2D eigenvalue weighted by molar-refractivity contribution is 7.89. The predicted octanol–water partition coefficient (Wildman–Crippen LogP) is 2.32. The summed E-state index contributed by atoms with van der Waals surface area (Å²) in [6.07, 6.45) is 2.61. The Labute approximate surface area is 160 Å². The summed E-state index contributed by atoms with van der Waals surface area (Å²) in [6.45, 7) is 4.10. The zero-order valence-electron chi connectivity index (χ0n) is 15.8. The topological polar surface area (TPSA) is 62.6 Å². The maximum Gasteiger partial charge on any atom is 0.270 e. The van der Waals surface area contributed by atoms with Gasteiger partial charge in [0.05, 0.1) is 0 Å². The molecule has 1 amide bonds. The standard InChI is InChI=1S/C20H25N3O3S/c1-15-19(27(25,26)23-10-5-6-11-23)13-18(21(15)2)20(24)22-12-9-16-7-3-4-8-17(16)14-22/h3-4,7-8,13H,5-6,9-12,14H2,1-2H3. The Balaban J connectivity index is 1.64. The summed E-state index contributed by atoms with van der Waals surface area (Å²) in [7, 11) is -1.77. The van der Waals surface area contributed by atoms with Crippen LogP contribution in [0.3, 0.4) is 0 Å². The minimum atomic E-state index is -3.54. The third-order valence-electron chi connectivity index (χ3n) is 5.81. The average molecular weight is 388 g/mol. The monoisotopic (exact) mass is 387 g/mol. The smallest absolute Gasteiger partial charge is 0.270 e. The van der Waals surface area contributed by atoms with Gasteiger partial charge in [0.1, 0.15) is 10.6 Å². The lowest BCUT2D eigenvalue weighted by Gasteiger charge is -2.29. The van der Waals surface area contributed by atoms with Crippen molar-refractivity contribution in [3.8, 4) is 0 Å². The van der Waals surface area contributed by atoms with Gasteiger partial charge in [0.25, 0.3) is 5.91 Å². The summed E-state index contributed by atoms with van der Waals surface area (Å²) in [5, 5.41) is 0. The van der Waals surface area contributed by atoms with Crippen LogP contribution in [0.4, 0.5) is 0 Å². The van der Waals surface area contributed by atoms with E-state index in [4.69, 9.17) is 0 Å². The van der Waals surface area contributed by atoms with Crippen LogP contribution in [0.5, 0.6) is 0 Å². The number of carbonyl (C=O) groups is 1. The molecule has 0 radical (unpaired) electrons. The molecular formula is C20H25N3O3S. The van der Waals surface area contributed by atoms with Gasteiger partial charge in [-0.3, -0.25) is 4.79 Å². The Bertz CT molecular complexity index is 988. The van der Waals surface area contributed by atoms with Crippen LogP contribution in [-0.2, 0) is 30.0 Å². The molecule has 2 aliphatic rings. The number of nitrogens with zero attached hydrogens (tertiary/aromatic N) is 3. The van der Waals surface area contributed by atoms with Crippen LogP contribution in [0, 0.1) is 6.92 Å². The van der Waals surface area contributed by atoms with Crippen molar-refractivity contribution in [2.24, 2.45) is 7.05 Å². The highest BCUT2D eigenvalue weighted by atomic mass is 32.2. The Kier molecular flexibility index (Phi) is 4.60. The Morgan fingerprint density at radius 3 is 2.41 bits per heavy atom. The van der Waals surface area contributed by atoms with Crippen molar-refractivity contribution < 1.29 is 13.2 Å². The average Bonchev–Trinajstić information content (AvgIpc) is 3.31. The van der Waals surface area contributed by atoms with Crippen LogP contribution in [0.25, 0.3) is 0 Å². The Hall–Kier alpha value is -2.12. The van der Waals surface area contributed by atoms with Crippen molar-refractivity contribution in [2.45, 2.75) is 37.6 Å². The third kappa shape index (κ3) is 3.08. The molecule has 0 bridgehead atoms. The van der Waals surface area contributed by atoms with E-state index in [-0.39, 0.29) is 10.8 Å². The maximum absolute atomic E-state index is 13.1. The quantitative estimate of drug-likeness (QED) is 0.812. The Morgan fingerprint density at radius 2 is 1.70 bits per heavy atom. The van der Waals surface area contributed by atoms with Crippen LogP contribution in [0.2, 0.25) is 0 Å². The molecule has 1 fully saturated rings. The SMILES string of the molecule is Cc1c(S(=O)(=O)N2CCCC2)cc(C(=O)N2CCc3ccccc3C2)n1C. The van der Waals surface area contributed by atoms with Gasteiger partial charge in [-0.25, -0.2) is 8.42 Å². The van der Waals surface area contributed by atoms with E-state index >= 15 is 0 Å². The fourth-order valence-electron chi connectivity index (χ4n) is 4.04. The molecule has 144 valence electrons. The molecule has 0 saturated carbocycles. The van der Waals surface area contributed by atoms with Crippen molar-refractivity contribution in [1.82, 2.24) is 13.8 Å². The fraction of sp³-hybridized carbons (Fsp3) is 0.450. The lowest BCUT2D eigenvalue weighted by molar-refractivity contribution is 0.0724. The van der Waals surface area contributed by atoms with Gasteiger partial charge in [-0.05, 0) is 43.4 Å². The van der Waals surface area contributed by atoms with Gasteiger partial charge in [0.2, 0.25) is 10.0 Å². The van der Waals surface area contributed by atoms with Gasteiger partial charge >= 0.3 is 0 Å². The lowest BCUT2D eigenvalue weighted by atomic mass is 10.00. The van der Waals surface area contributed by atoms with E-state index in [2.05, 4.69) is 6.07 Å². The first kappa shape index (κ1) is 18.3. The predicted molar refractivity (Wildman–Crippen MR) is 103 cm³/mol. The van der Waals surface area contributed by atoms with Gasteiger partial charge in [-0.2, -0.15) is 4.31 Å². The van der Waals surface area contributed by atoms with E-state index in [1.165, 1.54) is 9.87 Å². The number of carbonyl (C=O) groups excluding carboxylic acids is 1. The number of aromatic nitrogens is 1. The molecule has 0 N–H and O–H groups in total. The van der Waals surface area contributed by atoms with Crippen LogP contribution >= 0.6 is 0 Å². The first-order valence-electron chi connectivity index (χ1n) is 9.42. The lowest BCUT2D eigenvalue weighted by Crippen LogP contribution is -2.36. The molecule has 7 heteroatoms. The molecule has 0 unspecified atom stereocenters. The highest BCUT2D eigenvalue weighted by Gasteiger charge is 2.33. The fourth-order valence-corrected chi connectivity index (χ4v) is 5.82. The molecule has 27 heavy (non-hydrogen) atoms. The van der Waals surface area contributed by atoms with E-state index in [9.17, 15) is 13.2 Å². The first-order chi connectivity index (χ1) is 12.9. The number of hydrogen-bond acceptors (Lipinski definition) is 3. The summed E-state index contributed by atoms with van der Waals surface area (Å²) in [5.74, 6) is -0.113. The van der Waals surface area contributed by atoms with Crippen molar-refractivity contribution in [1.29, 1.82) is 0 Å². The molecule has 1 aromatic heterocycles. The number of benzene rings is 1. The van der Waals surface area contributed by atoms with Gasteiger partial charge in [0.15, 0.2) is 0 Å². The molecule has 0 spiro atoms. The number of hydrogen-bond donors (Lipinski definition) is 0. The summed E-state index contributed by atoms with van der Waals surface area (Å²) in [5.41, 5.74) is 3.49. The van der Waals surface area contributed by atoms with E-state index < -0.39 is 10.0 Å². The van der Waals surface area contributed by atoms with Crippen LogP contribution < -0.4 is 0 Å². The molecule has 0 atom stereocenters.